The highest BCUT2D eigenvalue weighted by molar-refractivity contribution is 7.19. The van der Waals surface area contributed by atoms with E-state index in [1.807, 2.05) is 0 Å². The Morgan fingerprint density at radius 3 is 2.93 bits per heavy atom. The van der Waals surface area contributed by atoms with Crippen LogP contribution in [0.4, 0.5) is 0 Å². The van der Waals surface area contributed by atoms with Gasteiger partial charge < -0.3 is 9.72 Å². The summed E-state index contributed by atoms with van der Waals surface area (Å²) in [6, 6.07) is 3.56. The van der Waals surface area contributed by atoms with Crippen molar-refractivity contribution in [2.24, 2.45) is 0 Å². The maximum absolute atomic E-state index is 11.4. The number of H-pyrrole nitrogens is 1. The fourth-order valence-electron chi connectivity index (χ4n) is 1.19. The second-order valence-corrected chi connectivity index (χ2v) is 4.43. The van der Waals surface area contributed by atoms with E-state index < -0.39 is 0 Å². The van der Waals surface area contributed by atoms with E-state index in [4.69, 9.17) is 16.3 Å². The number of ether oxygens (including phenoxy) is 1. The van der Waals surface area contributed by atoms with Crippen LogP contribution in [0.1, 0.15) is 0 Å². The van der Waals surface area contributed by atoms with Crippen LogP contribution in [0, 0.1) is 0 Å². The molecule has 0 radical (unpaired) electrons. The maximum Gasteiger partial charge on any atom is 0.293 e. The van der Waals surface area contributed by atoms with E-state index in [0.29, 0.717) is 10.0 Å². The molecule has 0 spiro atoms. The van der Waals surface area contributed by atoms with Gasteiger partial charge in [-0.3, -0.25) is 4.79 Å². The molecular formula is C9H7ClN2O2S. The van der Waals surface area contributed by atoms with E-state index >= 15 is 0 Å². The standard InChI is InChI=1S/C9H7ClN2O2S/c1-14-8-7(11-4-12-9(8)13)5-2-3-6(10)15-5/h2-4H,1H3,(H,11,12,13). The topological polar surface area (TPSA) is 55.0 Å². The molecule has 2 heterocycles. The molecule has 78 valence electrons. The molecule has 0 bridgehead atoms. The van der Waals surface area contributed by atoms with Crippen molar-refractivity contribution >= 4 is 22.9 Å². The fourth-order valence-corrected chi connectivity index (χ4v) is 2.23. The molecule has 4 nitrogen and oxygen atoms in total. The third-order valence-electron chi connectivity index (χ3n) is 1.82. The van der Waals surface area contributed by atoms with E-state index in [0.717, 1.165) is 4.88 Å². The minimum Gasteiger partial charge on any atom is -0.490 e. The van der Waals surface area contributed by atoms with Gasteiger partial charge in [-0.15, -0.1) is 11.3 Å². The van der Waals surface area contributed by atoms with Gasteiger partial charge in [0.2, 0.25) is 5.75 Å². The number of nitrogens with zero attached hydrogens (tertiary/aromatic N) is 1. The summed E-state index contributed by atoms with van der Waals surface area (Å²) in [7, 11) is 1.44. The van der Waals surface area contributed by atoms with Gasteiger partial charge in [0.1, 0.15) is 5.69 Å². The Hall–Kier alpha value is -1.33. The molecule has 0 saturated heterocycles. The molecule has 0 fully saturated rings. The molecule has 15 heavy (non-hydrogen) atoms. The molecule has 0 aliphatic heterocycles. The summed E-state index contributed by atoms with van der Waals surface area (Å²) in [6.45, 7) is 0. The van der Waals surface area contributed by atoms with Crippen LogP contribution in [-0.2, 0) is 0 Å². The number of methoxy groups -OCH3 is 1. The van der Waals surface area contributed by atoms with Crippen molar-refractivity contribution in [2.75, 3.05) is 7.11 Å². The van der Waals surface area contributed by atoms with Crippen molar-refractivity contribution in [2.45, 2.75) is 0 Å². The summed E-state index contributed by atoms with van der Waals surface area (Å²) < 4.78 is 5.64. The molecule has 2 aromatic heterocycles. The zero-order chi connectivity index (χ0) is 10.8. The minimum absolute atomic E-state index is 0.205. The Balaban J connectivity index is 2.62. The average molecular weight is 243 g/mol. The molecule has 0 saturated carbocycles. The maximum atomic E-state index is 11.4. The lowest BCUT2D eigenvalue weighted by Gasteiger charge is -2.02. The van der Waals surface area contributed by atoms with E-state index in [-0.39, 0.29) is 11.3 Å². The SMILES string of the molecule is COc1c(-c2ccc(Cl)s2)nc[nH]c1=O. The monoisotopic (exact) mass is 242 g/mol. The normalized spacial score (nSPS) is 10.3. The quantitative estimate of drug-likeness (QED) is 0.878. The summed E-state index contributed by atoms with van der Waals surface area (Å²) >= 11 is 7.16. The number of halogens is 1. The van der Waals surface area contributed by atoms with Crippen molar-refractivity contribution < 1.29 is 4.74 Å². The zero-order valence-corrected chi connectivity index (χ0v) is 9.35. The number of hydrogen-bond acceptors (Lipinski definition) is 4. The lowest BCUT2D eigenvalue weighted by atomic mass is 10.3. The lowest BCUT2D eigenvalue weighted by Crippen LogP contribution is -2.10. The molecule has 0 unspecified atom stereocenters. The van der Waals surface area contributed by atoms with Gasteiger partial charge in [-0.2, -0.15) is 0 Å². The second kappa shape index (κ2) is 4.04. The van der Waals surface area contributed by atoms with Crippen LogP contribution in [-0.4, -0.2) is 17.1 Å². The number of rotatable bonds is 2. The molecule has 0 aromatic carbocycles. The number of aromatic amines is 1. The Labute approximate surface area is 94.5 Å². The molecule has 6 heteroatoms. The van der Waals surface area contributed by atoms with Crippen LogP contribution >= 0.6 is 22.9 Å². The molecule has 2 rings (SSSR count). The Bertz CT molecular complexity index is 535. The van der Waals surface area contributed by atoms with Gasteiger partial charge in [0, 0.05) is 0 Å². The second-order valence-electron chi connectivity index (χ2n) is 2.72. The van der Waals surface area contributed by atoms with Gasteiger partial charge in [-0.25, -0.2) is 4.98 Å². The summed E-state index contributed by atoms with van der Waals surface area (Å²) in [5.74, 6) is 0.205. The molecule has 0 atom stereocenters. The first-order chi connectivity index (χ1) is 7.22. The van der Waals surface area contributed by atoms with Gasteiger partial charge in [-0.1, -0.05) is 11.6 Å². The predicted octanol–water partition coefficient (Wildman–Crippen LogP) is 2.16. The van der Waals surface area contributed by atoms with Crippen LogP contribution in [0.3, 0.4) is 0 Å². The van der Waals surface area contributed by atoms with Crippen molar-refractivity contribution in [1.29, 1.82) is 0 Å². The molecule has 0 amide bonds. The van der Waals surface area contributed by atoms with Crippen LogP contribution < -0.4 is 10.3 Å². The first-order valence-corrected chi connectivity index (χ1v) is 5.29. The highest BCUT2D eigenvalue weighted by Gasteiger charge is 2.12. The highest BCUT2D eigenvalue weighted by atomic mass is 35.5. The Morgan fingerprint density at radius 1 is 1.53 bits per heavy atom. The number of nitrogens with one attached hydrogen (secondary N) is 1. The number of aromatic nitrogens is 2. The first-order valence-electron chi connectivity index (χ1n) is 4.09. The van der Waals surface area contributed by atoms with Crippen molar-refractivity contribution in [1.82, 2.24) is 9.97 Å². The number of hydrogen-bond donors (Lipinski definition) is 1. The van der Waals surface area contributed by atoms with Crippen LogP contribution in [0.15, 0.2) is 23.3 Å². The zero-order valence-electron chi connectivity index (χ0n) is 7.78. The van der Waals surface area contributed by atoms with Gasteiger partial charge >= 0.3 is 0 Å². The molecule has 1 N–H and O–H groups in total. The van der Waals surface area contributed by atoms with Gasteiger partial charge in [-0.05, 0) is 12.1 Å². The molecule has 0 aliphatic rings. The average Bonchev–Trinajstić information content (AvgIpc) is 2.64. The molecule has 0 aliphatic carbocycles. The summed E-state index contributed by atoms with van der Waals surface area (Å²) in [4.78, 5) is 18.7. The van der Waals surface area contributed by atoms with Gasteiger partial charge in [0.25, 0.3) is 5.56 Å². The van der Waals surface area contributed by atoms with Crippen molar-refractivity contribution in [3.8, 4) is 16.3 Å². The Morgan fingerprint density at radius 2 is 2.33 bits per heavy atom. The third kappa shape index (κ3) is 1.88. The van der Waals surface area contributed by atoms with Crippen LogP contribution in [0.25, 0.3) is 10.6 Å². The van der Waals surface area contributed by atoms with Crippen molar-refractivity contribution in [3.63, 3.8) is 0 Å². The summed E-state index contributed by atoms with van der Waals surface area (Å²) in [5, 5.41) is 0. The third-order valence-corrected chi connectivity index (χ3v) is 3.06. The highest BCUT2D eigenvalue weighted by Crippen LogP contribution is 2.32. The van der Waals surface area contributed by atoms with Crippen LogP contribution in [0.2, 0.25) is 4.34 Å². The van der Waals surface area contributed by atoms with E-state index in [1.54, 1.807) is 12.1 Å². The van der Waals surface area contributed by atoms with Crippen LogP contribution in [0.5, 0.6) is 5.75 Å². The largest absolute Gasteiger partial charge is 0.490 e. The fraction of sp³-hybridized carbons (Fsp3) is 0.111. The van der Waals surface area contributed by atoms with Gasteiger partial charge in [0.05, 0.1) is 22.7 Å². The Kier molecular flexibility index (Phi) is 2.75. The molecule has 2 aromatic rings. The van der Waals surface area contributed by atoms with Crippen molar-refractivity contribution in [3.05, 3.63) is 33.2 Å². The summed E-state index contributed by atoms with van der Waals surface area (Å²) in [6.07, 6.45) is 1.34. The lowest BCUT2D eigenvalue weighted by molar-refractivity contribution is 0.408. The minimum atomic E-state index is -0.299. The number of thiophene rings is 1. The van der Waals surface area contributed by atoms with Gasteiger partial charge in [0.15, 0.2) is 0 Å². The predicted molar refractivity (Wildman–Crippen MR) is 59.7 cm³/mol. The van der Waals surface area contributed by atoms with E-state index in [9.17, 15) is 4.79 Å². The smallest absolute Gasteiger partial charge is 0.293 e. The molecular weight excluding hydrogens is 236 g/mol. The summed E-state index contributed by atoms with van der Waals surface area (Å²) in [5.41, 5.74) is 0.213. The van der Waals surface area contributed by atoms with E-state index in [2.05, 4.69) is 9.97 Å². The van der Waals surface area contributed by atoms with E-state index in [1.165, 1.54) is 24.8 Å². The first kappa shape index (κ1) is 10.2.